The van der Waals surface area contributed by atoms with E-state index < -0.39 is 10.0 Å². The lowest BCUT2D eigenvalue weighted by molar-refractivity contribution is 0.103. The second kappa shape index (κ2) is 5.08. The van der Waals surface area contributed by atoms with Crippen LogP contribution < -0.4 is 9.62 Å². The molecule has 6 heteroatoms. The fraction of sp³-hybridized carbons (Fsp3) is 0.150. The third-order valence-electron chi connectivity index (χ3n) is 5.24. The molecule has 3 aromatic rings. The summed E-state index contributed by atoms with van der Waals surface area (Å²) >= 11 is 0. The molecule has 1 N–H and O–H groups in total. The first kappa shape index (κ1) is 15.4. The number of nitrogens with one attached hydrogen (secondary N) is 1. The maximum absolute atomic E-state index is 13.5. The summed E-state index contributed by atoms with van der Waals surface area (Å²) in [5.41, 5.74) is 2.95. The number of hydrogen-bond acceptors (Lipinski definition) is 3. The van der Waals surface area contributed by atoms with Crippen LogP contribution in [0.5, 0.6) is 0 Å². The monoisotopic (exact) mass is 364 g/mol. The largest absolute Gasteiger partial charge is 0.321 e. The lowest BCUT2D eigenvalue weighted by atomic mass is 10.0. The van der Waals surface area contributed by atoms with Gasteiger partial charge in [-0.3, -0.25) is 9.10 Å². The molecule has 2 aliphatic rings. The highest BCUT2D eigenvalue weighted by atomic mass is 32.2. The highest BCUT2D eigenvalue weighted by molar-refractivity contribution is 7.93. The van der Waals surface area contributed by atoms with Crippen molar-refractivity contribution in [3.05, 3.63) is 65.7 Å². The number of carbonyl (C=O) groups is 1. The Hall–Kier alpha value is -2.86. The highest BCUT2D eigenvalue weighted by Gasteiger charge is 2.36. The number of para-hydroxylation sites is 1. The molecule has 0 saturated carbocycles. The van der Waals surface area contributed by atoms with E-state index in [2.05, 4.69) is 5.32 Å². The molecule has 0 bridgehead atoms. The zero-order chi connectivity index (χ0) is 18.1. The van der Waals surface area contributed by atoms with Crippen molar-refractivity contribution in [1.29, 1.82) is 0 Å². The van der Waals surface area contributed by atoms with Gasteiger partial charge < -0.3 is 5.32 Å². The zero-order valence-corrected chi connectivity index (χ0v) is 14.9. The third kappa shape index (κ3) is 1.90. The van der Waals surface area contributed by atoms with Gasteiger partial charge in [0, 0.05) is 34.5 Å². The molecule has 0 fully saturated rings. The van der Waals surface area contributed by atoms with Gasteiger partial charge >= 0.3 is 0 Å². The molecule has 1 unspecified atom stereocenters. The van der Waals surface area contributed by atoms with E-state index in [4.69, 9.17) is 0 Å². The van der Waals surface area contributed by atoms with Crippen LogP contribution in [0.1, 0.15) is 28.8 Å². The second-order valence-electron chi connectivity index (χ2n) is 6.79. The van der Waals surface area contributed by atoms with Gasteiger partial charge in [-0.1, -0.05) is 37.3 Å². The van der Waals surface area contributed by atoms with E-state index in [0.29, 0.717) is 28.6 Å². The van der Waals surface area contributed by atoms with Crippen LogP contribution in [-0.2, 0) is 10.0 Å². The Balaban J connectivity index is 1.75. The lowest BCUT2D eigenvalue weighted by Crippen LogP contribution is -2.29. The van der Waals surface area contributed by atoms with E-state index in [-0.39, 0.29) is 16.7 Å². The van der Waals surface area contributed by atoms with Crippen LogP contribution in [0.4, 0.5) is 11.4 Å². The first-order valence-electron chi connectivity index (χ1n) is 8.47. The molecule has 5 nitrogen and oxygen atoms in total. The first-order chi connectivity index (χ1) is 12.5. The summed E-state index contributed by atoms with van der Waals surface area (Å²) in [4.78, 5) is 12.3. The summed E-state index contributed by atoms with van der Waals surface area (Å²) in [6.45, 7) is 2.45. The summed E-state index contributed by atoms with van der Waals surface area (Å²) in [5.74, 6) is -0.0544. The van der Waals surface area contributed by atoms with Crippen molar-refractivity contribution >= 4 is 38.1 Å². The standard InChI is InChI=1S/C20H16N2O3S/c1-12-11-22(17-8-3-2-5-13(12)17)26(24,25)18-10-9-16-19-14(18)6-4-7-15(19)20(23)21-16/h2-10,12H,11H2,1H3,(H,21,23). The maximum Gasteiger partial charge on any atom is 0.264 e. The number of carbonyl (C=O) groups excluding carboxylic acids is 1. The van der Waals surface area contributed by atoms with Gasteiger partial charge in [0.15, 0.2) is 0 Å². The smallest absolute Gasteiger partial charge is 0.264 e. The van der Waals surface area contributed by atoms with Crippen molar-refractivity contribution in [2.45, 2.75) is 17.7 Å². The highest BCUT2D eigenvalue weighted by Crippen LogP contribution is 2.42. The number of fused-ring (bicyclic) bond motifs is 1. The van der Waals surface area contributed by atoms with E-state index in [1.165, 1.54) is 4.31 Å². The first-order valence-corrected chi connectivity index (χ1v) is 9.91. The van der Waals surface area contributed by atoms with Gasteiger partial charge in [0.05, 0.1) is 10.6 Å². The second-order valence-corrected chi connectivity index (χ2v) is 8.62. The van der Waals surface area contributed by atoms with Gasteiger partial charge in [0.2, 0.25) is 0 Å². The Morgan fingerprint density at radius 2 is 1.85 bits per heavy atom. The fourth-order valence-electron chi connectivity index (χ4n) is 4.01. The van der Waals surface area contributed by atoms with Gasteiger partial charge in [-0.25, -0.2) is 8.42 Å². The number of anilines is 2. The number of hydrogen-bond donors (Lipinski definition) is 1. The molecule has 0 spiro atoms. The van der Waals surface area contributed by atoms with E-state index in [9.17, 15) is 13.2 Å². The van der Waals surface area contributed by atoms with Crippen molar-refractivity contribution in [3.8, 4) is 0 Å². The molecular weight excluding hydrogens is 348 g/mol. The fourth-order valence-corrected chi connectivity index (χ4v) is 5.78. The summed E-state index contributed by atoms with van der Waals surface area (Å²) < 4.78 is 28.5. The van der Waals surface area contributed by atoms with Crippen molar-refractivity contribution in [1.82, 2.24) is 0 Å². The van der Waals surface area contributed by atoms with E-state index >= 15 is 0 Å². The number of rotatable bonds is 2. The quantitative estimate of drug-likeness (QED) is 0.754. The predicted octanol–water partition coefficient (Wildman–Crippen LogP) is 3.72. The maximum atomic E-state index is 13.5. The van der Waals surface area contributed by atoms with Crippen molar-refractivity contribution in [2.24, 2.45) is 0 Å². The molecule has 0 aliphatic carbocycles. The summed E-state index contributed by atoms with van der Waals surface area (Å²) in [7, 11) is -3.74. The van der Waals surface area contributed by atoms with Crippen LogP contribution in [0.15, 0.2) is 59.5 Å². The molecular formula is C20H16N2O3S. The van der Waals surface area contributed by atoms with Crippen LogP contribution in [0.2, 0.25) is 0 Å². The Labute approximate surface area is 151 Å². The molecule has 2 heterocycles. The molecule has 0 radical (unpaired) electrons. The molecule has 26 heavy (non-hydrogen) atoms. The number of sulfonamides is 1. The number of amides is 1. The Morgan fingerprint density at radius 1 is 1.04 bits per heavy atom. The molecule has 0 saturated heterocycles. The summed E-state index contributed by atoms with van der Waals surface area (Å²) in [6, 6.07) is 16.1. The molecule has 130 valence electrons. The van der Waals surface area contributed by atoms with Gasteiger partial charge in [-0.05, 0) is 29.8 Å². The van der Waals surface area contributed by atoms with Crippen LogP contribution in [0, 0.1) is 0 Å². The van der Waals surface area contributed by atoms with E-state index in [0.717, 1.165) is 11.3 Å². The number of nitrogens with zero attached hydrogens (tertiary/aromatic N) is 1. The predicted molar refractivity (Wildman–Crippen MR) is 101 cm³/mol. The van der Waals surface area contributed by atoms with Crippen LogP contribution in [0.3, 0.4) is 0 Å². The Bertz CT molecular complexity index is 1200. The zero-order valence-electron chi connectivity index (χ0n) is 14.1. The van der Waals surface area contributed by atoms with Gasteiger partial charge in [-0.2, -0.15) is 0 Å². The van der Waals surface area contributed by atoms with E-state index in [1.807, 2.05) is 31.2 Å². The van der Waals surface area contributed by atoms with Crippen LogP contribution in [0.25, 0.3) is 10.8 Å². The lowest BCUT2D eigenvalue weighted by Gasteiger charge is -2.21. The minimum atomic E-state index is -3.74. The minimum Gasteiger partial charge on any atom is -0.321 e. The van der Waals surface area contributed by atoms with Crippen molar-refractivity contribution in [2.75, 3.05) is 16.2 Å². The van der Waals surface area contributed by atoms with Crippen molar-refractivity contribution < 1.29 is 13.2 Å². The van der Waals surface area contributed by atoms with Crippen LogP contribution >= 0.6 is 0 Å². The SMILES string of the molecule is CC1CN(S(=O)(=O)c2ccc3c4c(cccc24)C(=O)N3)c2ccccc21. The van der Waals surface area contributed by atoms with Crippen LogP contribution in [-0.4, -0.2) is 20.9 Å². The number of benzene rings is 3. The average molecular weight is 364 g/mol. The molecule has 3 aromatic carbocycles. The molecule has 1 amide bonds. The van der Waals surface area contributed by atoms with Crippen molar-refractivity contribution in [3.63, 3.8) is 0 Å². The van der Waals surface area contributed by atoms with Gasteiger partial charge in [0.25, 0.3) is 15.9 Å². The topological polar surface area (TPSA) is 66.5 Å². The average Bonchev–Trinajstić information content (AvgIpc) is 3.15. The molecule has 0 aromatic heterocycles. The summed E-state index contributed by atoms with van der Waals surface area (Å²) in [6.07, 6.45) is 0. The molecule has 2 aliphatic heterocycles. The molecule has 1 atom stereocenters. The van der Waals surface area contributed by atoms with E-state index in [1.54, 1.807) is 30.3 Å². The van der Waals surface area contributed by atoms with Gasteiger partial charge in [0.1, 0.15) is 0 Å². The third-order valence-corrected chi connectivity index (χ3v) is 7.08. The summed E-state index contributed by atoms with van der Waals surface area (Å²) in [5, 5.41) is 4.05. The normalized spacial score (nSPS) is 18.3. The minimum absolute atomic E-state index is 0.140. The molecule has 5 rings (SSSR count). The Kier molecular flexibility index (Phi) is 3.01. The Morgan fingerprint density at radius 3 is 2.69 bits per heavy atom. The van der Waals surface area contributed by atoms with Gasteiger partial charge in [-0.15, -0.1) is 0 Å².